The van der Waals surface area contributed by atoms with Gasteiger partial charge < -0.3 is 4.98 Å². The van der Waals surface area contributed by atoms with E-state index in [9.17, 15) is 0 Å². The second kappa shape index (κ2) is 4.19. The zero-order valence-electron chi connectivity index (χ0n) is 9.34. The van der Waals surface area contributed by atoms with Crippen LogP contribution >= 0.6 is 41.1 Å². The monoisotopic (exact) mass is 371 g/mol. The predicted octanol–water partition coefficient (Wildman–Crippen LogP) is 3.23. The molecule has 1 heterocycles. The molecule has 1 nitrogen and oxygen atoms in total. The van der Waals surface area contributed by atoms with E-state index in [0.29, 0.717) is 0 Å². The normalized spacial score (nSPS) is 11.5. The summed E-state index contributed by atoms with van der Waals surface area (Å²) in [6, 6.07) is 8.58. The Morgan fingerprint density at radius 3 is 2.41 bits per heavy atom. The summed E-state index contributed by atoms with van der Waals surface area (Å²) in [4.78, 5) is 3.49. The van der Waals surface area contributed by atoms with Crippen LogP contribution in [-0.2, 0) is 0 Å². The SMILES string of the molecule is Cc1[nH]c2c(I)c(P)c3ccccc3c2c1P. The molecule has 0 saturated carbocycles. The molecule has 1 aromatic heterocycles. The molecule has 0 fully saturated rings. The highest BCUT2D eigenvalue weighted by molar-refractivity contribution is 14.1. The lowest BCUT2D eigenvalue weighted by Crippen LogP contribution is -2.01. The van der Waals surface area contributed by atoms with Crippen molar-refractivity contribution in [3.8, 4) is 0 Å². The molecule has 0 aliphatic carbocycles. The summed E-state index contributed by atoms with van der Waals surface area (Å²) in [6.45, 7) is 2.12. The van der Waals surface area contributed by atoms with Crippen molar-refractivity contribution in [3.05, 3.63) is 33.5 Å². The summed E-state index contributed by atoms with van der Waals surface area (Å²) >= 11 is 2.42. The number of aromatic nitrogens is 1. The highest BCUT2D eigenvalue weighted by atomic mass is 127. The van der Waals surface area contributed by atoms with Crippen molar-refractivity contribution in [1.29, 1.82) is 0 Å². The third-order valence-electron chi connectivity index (χ3n) is 3.18. The Morgan fingerprint density at radius 2 is 1.71 bits per heavy atom. The zero-order chi connectivity index (χ0) is 12.2. The first-order valence-corrected chi connectivity index (χ1v) is 7.58. The lowest BCUT2D eigenvalue weighted by molar-refractivity contribution is 1.31. The minimum Gasteiger partial charge on any atom is -0.357 e. The van der Waals surface area contributed by atoms with E-state index in [2.05, 4.69) is 77.2 Å². The molecule has 3 aromatic rings. The topological polar surface area (TPSA) is 15.8 Å². The van der Waals surface area contributed by atoms with E-state index in [1.54, 1.807) is 0 Å². The molecule has 2 unspecified atom stereocenters. The standard InChI is InChI=1S/C13H12INP2/c1-6-12(16)9-7-4-2-3-5-8(7)13(17)10(14)11(9)15-6/h2-5,15H,16-17H2,1H3. The third kappa shape index (κ3) is 1.65. The molecule has 2 atom stereocenters. The summed E-state index contributed by atoms with van der Waals surface area (Å²) < 4.78 is 1.29. The van der Waals surface area contributed by atoms with Crippen molar-refractivity contribution in [3.63, 3.8) is 0 Å². The summed E-state index contributed by atoms with van der Waals surface area (Å²) in [5.41, 5.74) is 2.47. The van der Waals surface area contributed by atoms with Crippen LogP contribution in [0.15, 0.2) is 24.3 Å². The van der Waals surface area contributed by atoms with Crippen molar-refractivity contribution in [1.82, 2.24) is 4.98 Å². The van der Waals surface area contributed by atoms with Gasteiger partial charge in [0, 0.05) is 14.7 Å². The summed E-state index contributed by atoms with van der Waals surface area (Å²) in [5.74, 6) is 0. The molecule has 0 amide bonds. The van der Waals surface area contributed by atoms with E-state index in [-0.39, 0.29) is 0 Å². The molecule has 0 aliphatic rings. The Balaban J connectivity index is 2.71. The molecular formula is C13H12INP2. The minimum absolute atomic E-state index is 1.23. The zero-order valence-corrected chi connectivity index (χ0v) is 13.8. The fraction of sp³-hybridized carbons (Fsp3) is 0.0769. The Hall–Kier alpha value is -0.170. The Labute approximate surface area is 118 Å². The maximum atomic E-state index is 3.49. The predicted molar refractivity (Wildman–Crippen MR) is 91.9 cm³/mol. The second-order valence-corrected chi connectivity index (χ2v) is 6.42. The van der Waals surface area contributed by atoms with Crippen molar-refractivity contribution in [2.45, 2.75) is 6.92 Å². The number of nitrogens with one attached hydrogen (secondary N) is 1. The van der Waals surface area contributed by atoms with Gasteiger partial charge in [-0.1, -0.05) is 24.3 Å². The van der Waals surface area contributed by atoms with E-state index < -0.39 is 0 Å². The summed E-state index contributed by atoms with van der Waals surface area (Å²) in [5, 5.41) is 6.53. The van der Waals surface area contributed by atoms with Gasteiger partial charge in [-0.2, -0.15) is 0 Å². The van der Waals surface area contributed by atoms with Gasteiger partial charge in [0.1, 0.15) is 0 Å². The van der Waals surface area contributed by atoms with Gasteiger partial charge in [-0.05, 0) is 50.9 Å². The van der Waals surface area contributed by atoms with Crippen LogP contribution in [0.5, 0.6) is 0 Å². The van der Waals surface area contributed by atoms with Gasteiger partial charge in [0.25, 0.3) is 0 Å². The molecule has 0 bridgehead atoms. The molecule has 2 aromatic carbocycles. The van der Waals surface area contributed by atoms with E-state index in [0.717, 1.165) is 0 Å². The number of aryl methyl sites for hydroxylation is 1. The number of aromatic amines is 1. The van der Waals surface area contributed by atoms with Crippen LogP contribution in [0.1, 0.15) is 5.69 Å². The number of rotatable bonds is 0. The molecule has 17 heavy (non-hydrogen) atoms. The molecule has 0 saturated heterocycles. The van der Waals surface area contributed by atoms with Crippen LogP contribution in [0, 0.1) is 10.5 Å². The Kier molecular flexibility index (Phi) is 2.93. The van der Waals surface area contributed by atoms with Crippen LogP contribution in [0.2, 0.25) is 0 Å². The molecule has 0 spiro atoms. The average Bonchev–Trinajstić information content (AvgIpc) is 2.63. The maximum Gasteiger partial charge on any atom is 0.0610 e. The van der Waals surface area contributed by atoms with Gasteiger partial charge in [-0.25, -0.2) is 0 Å². The van der Waals surface area contributed by atoms with Gasteiger partial charge >= 0.3 is 0 Å². The average molecular weight is 371 g/mol. The third-order valence-corrected chi connectivity index (χ3v) is 6.21. The Bertz CT molecular complexity index is 746. The van der Waals surface area contributed by atoms with E-state index in [1.807, 2.05) is 0 Å². The Morgan fingerprint density at radius 1 is 1.06 bits per heavy atom. The number of benzene rings is 2. The molecular weight excluding hydrogens is 359 g/mol. The minimum atomic E-state index is 1.23. The number of halogens is 1. The molecule has 86 valence electrons. The van der Waals surface area contributed by atoms with Gasteiger partial charge in [0.05, 0.1) is 5.52 Å². The second-order valence-electron chi connectivity index (χ2n) is 4.19. The quantitative estimate of drug-likeness (QED) is 0.462. The van der Waals surface area contributed by atoms with Crippen LogP contribution in [-0.4, -0.2) is 4.98 Å². The molecule has 0 aliphatic heterocycles. The number of hydrogen-bond donors (Lipinski definition) is 1. The molecule has 1 N–H and O–H groups in total. The van der Waals surface area contributed by atoms with Gasteiger partial charge in [0.15, 0.2) is 0 Å². The fourth-order valence-electron chi connectivity index (χ4n) is 2.27. The van der Waals surface area contributed by atoms with Crippen LogP contribution in [0.3, 0.4) is 0 Å². The summed E-state index contributed by atoms with van der Waals surface area (Å²) in [7, 11) is 5.72. The number of fused-ring (bicyclic) bond motifs is 3. The summed E-state index contributed by atoms with van der Waals surface area (Å²) in [6.07, 6.45) is 0. The largest absolute Gasteiger partial charge is 0.357 e. The van der Waals surface area contributed by atoms with Crippen molar-refractivity contribution in [2.24, 2.45) is 0 Å². The van der Waals surface area contributed by atoms with Gasteiger partial charge in [0.2, 0.25) is 0 Å². The van der Waals surface area contributed by atoms with Gasteiger partial charge in [-0.15, -0.1) is 18.5 Å². The van der Waals surface area contributed by atoms with Crippen molar-refractivity contribution >= 4 is 73.4 Å². The molecule has 3 rings (SSSR count). The molecule has 4 heteroatoms. The van der Waals surface area contributed by atoms with Gasteiger partial charge in [-0.3, -0.25) is 0 Å². The van der Waals surface area contributed by atoms with Crippen LogP contribution in [0.25, 0.3) is 21.7 Å². The van der Waals surface area contributed by atoms with E-state index >= 15 is 0 Å². The van der Waals surface area contributed by atoms with Crippen LogP contribution < -0.4 is 10.6 Å². The fourth-order valence-corrected chi connectivity index (χ4v) is 3.74. The lowest BCUT2D eigenvalue weighted by atomic mass is 10.1. The van der Waals surface area contributed by atoms with Crippen LogP contribution in [0.4, 0.5) is 0 Å². The van der Waals surface area contributed by atoms with E-state index in [4.69, 9.17) is 0 Å². The first kappa shape index (κ1) is 11.9. The first-order chi connectivity index (χ1) is 8.11. The first-order valence-electron chi connectivity index (χ1n) is 5.34. The molecule has 0 radical (unpaired) electrons. The number of hydrogen-bond acceptors (Lipinski definition) is 0. The van der Waals surface area contributed by atoms with Crippen molar-refractivity contribution in [2.75, 3.05) is 0 Å². The highest BCUT2D eigenvalue weighted by Crippen LogP contribution is 2.29. The van der Waals surface area contributed by atoms with E-state index in [1.165, 1.54) is 41.5 Å². The number of H-pyrrole nitrogens is 1. The van der Waals surface area contributed by atoms with Crippen molar-refractivity contribution < 1.29 is 0 Å². The maximum absolute atomic E-state index is 3.49. The lowest BCUT2D eigenvalue weighted by Gasteiger charge is -2.07. The smallest absolute Gasteiger partial charge is 0.0610 e. The highest BCUT2D eigenvalue weighted by Gasteiger charge is 2.14.